The summed E-state index contributed by atoms with van der Waals surface area (Å²) in [6.45, 7) is 4.26. The van der Waals surface area contributed by atoms with Gasteiger partial charge in [0.1, 0.15) is 11.3 Å². The van der Waals surface area contributed by atoms with Crippen LogP contribution >= 0.6 is 11.3 Å². The van der Waals surface area contributed by atoms with Gasteiger partial charge in [-0.2, -0.15) is 0 Å². The Kier molecular flexibility index (Phi) is 4.16. The van der Waals surface area contributed by atoms with Gasteiger partial charge in [-0.05, 0) is 25.5 Å². The smallest absolute Gasteiger partial charge is 0.339 e. The summed E-state index contributed by atoms with van der Waals surface area (Å²) in [4.78, 5) is 16.5. The molecule has 0 bridgehead atoms. The number of para-hydroxylation sites is 1. The van der Waals surface area contributed by atoms with Crippen LogP contribution in [0.3, 0.4) is 0 Å². The SMILES string of the molecule is Cc1cccc(C(=O)O)c1OCCc1scnc1C. The minimum absolute atomic E-state index is 0.209. The van der Waals surface area contributed by atoms with E-state index in [0.717, 1.165) is 17.7 Å². The molecule has 0 saturated carbocycles. The maximum atomic E-state index is 11.1. The van der Waals surface area contributed by atoms with Crippen LogP contribution in [0.2, 0.25) is 0 Å². The molecule has 1 aromatic heterocycles. The predicted octanol–water partition coefficient (Wildman–Crippen LogP) is 3.08. The van der Waals surface area contributed by atoms with Crippen molar-refractivity contribution in [1.82, 2.24) is 4.98 Å². The molecule has 0 unspecified atom stereocenters. The Balaban J connectivity index is 2.07. The van der Waals surface area contributed by atoms with E-state index in [2.05, 4.69) is 4.98 Å². The van der Waals surface area contributed by atoms with Gasteiger partial charge in [0.2, 0.25) is 0 Å². The molecule has 1 N–H and O–H groups in total. The van der Waals surface area contributed by atoms with Crippen molar-refractivity contribution < 1.29 is 14.6 Å². The second-order valence-electron chi connectivity index (χ2n) is 4.22. The molecule has 0 aliphatic heterocycles. The number of hydrogen-bond acceptors (Lipinski definition) is 4. The standard InChI is InChI=1S/C14H15NO3S/c1-9-4-3-5-11(14(16)17)13(9)18-7-6-12-10(2)15-8-19-12/h3-5,8H,6-7H2,1-2H3,(H,16,17). The highest BCUT2D eigenvalue weighted by Crippen LogP contribution is 2.24. The molecule has 1 heterocycles. The zero-order chi connectivity index (χ0) is 13.8. The van der Waals surface area contributed by atoms with Crippen LogP contribution < -0.4 is 4.74 Å². The third-order valence-corrected chi connectivity index (χ3v) is 3.86. The van der Waals surface area contributed by atoms with Crippen molar-refractivity contribution in [3.8, 4) is 5.75 Å². The summed E-state index contributed by atoms with van der Waals surface area (Å²) in [5.74, 6) is -0.509. The van der Waals surface area contributed by atoms with Crippen LogP contribution in [0.15, 0.2) is 23.7 Å². The summed E-state index contributed by atoms with van der Waals surface area (Å²) >= 11 is 1.59. The minimum atomic E-state index is -0.965. The molecule has 2 aromatic rings. The van der Waals surface area contributed by atoms with E-state index in [1.54, 1.807) is 29.0 Å². The van der Waals surface area contributed by atoms with Gasteiger partial charge in [-0.25, -0.2) is 9.78 Å². The lowest BCUT2D eigenvalue weighted by Gasteiger charge is -2.11. The van der Waals surface area contributed by atoms with Crippen molar-refractivity contribution in [3.63, 3.8) is 0 Å². The molecule has 1 aromatic carbocycles. The minimum Gasteiger partial charge on any atom is -0.492 e. The highest BCUT2D eigenvalue weighted by molar-refractivity contribution is 7.09. The molecule has 5 heteroatoms. The summed E-state index contributed by atoms with van der Waals surface area (Å²) in [5.41, 5.74) is 3.86. The number of rotatable bonds is 5. The average molecular weight is 277 g/mol. The molecule has 0 aliphatic carbocycles. The monoisotopic (exact) mass is 277 g/mol. The summed E-state index contributed by atoms with van der Waals surface area (Å²) < 4.78 is 5.66. The van der Waals surface area contributed by atoms with E-state index in [1.807, 2.05) is 19.9 Å². The molecule has 2 rings (SSSR count). The third-order valence-electron chi connectivity index (χ3n) is 2.86. The highest BCUT2D eigenvalue weighted by Gasteiger charge is 2.13. The fourth-order valence-corrected chi connectivity index (χ4v) is 2.59. The number of benzene rings is 1. The van der Waals surface area contributed by atoms with Gasteiger partial charge in [-0.1, -0.05) is 12.1 Å². The highest BCUT2D eigenvalue weighted by atomic mass is 32.1. The van der Waals surface area contributed by atoms with Crippen LogP contribution in [0, 0.1) is 13.8 Å². The molecule has 0 aliphatic rings. The van der Waals surface area contributed by atoms with Crippen LogP contribution in [-0.4, -0.2) is 22.7 Å². The Morgan fingerprint density at radius 1 is 1.42 bits per heavy atom. The average Bonchev–Trinajstić information content (AvgIpc) is 2.77. The van der Waals surface area contributed by atoms with Crippen molar-refractivity contribution in [2.24, 2.45) is 0 Å². The van der Waals surface area contributed by atoms with Crippen LogP contribution in [0.1, 0.15) is 26.5 Å². The van der Waals surface area contributed by atoms with Crippen molar-refractivity contribution in [3.05, 3.63) is 45.4 Å². The topological polar surface area (TPSA) is 59.4 Å². The fourth-order valence-electron chi connectivity index (χ4n) is 1.82. The first kappa shape index (κ1) is 13.5. The number of carboxylic acids is 1. The number of aryl methyl sites for hydroxylation is 2. The first-order chi connectivity index (χ1) is 9.09. The Bertz CT molecular complexity index is 592. The van der Waals surface area contributed by atoms with Gasteiger partial charge < -0.3 is 9.84 Å². The van der Waals surface area contributed by atoms with Crippen LogP contribution in [0.25, 0.3) is 0 Å². The number of nitrogens with zero attached hydrogens (tertiary/aromatic N) is 1. The Labute approximate surface area is 115 Å². The molecule has 0 fully saturated rings. The lowest BCUT2D eigenvalue weighted by atomic mass is 10.1. The van der Waals surface area contributed by atoms with E-state index in [9.17, 15) is 4.79 Å². The summed E-state index contributed by atoms with van der Waals surface area (Å²) in [6, 6.07) is 5.13. The van der Waals surface area contributed by atoms with Gasteiger partial charge in [0.25, 0.3) is 0 Å². The van der Waals surface area contributed by atoms with Gasteiger partial charge in [0, 0.05) is 11.3 Å². The van der Waals surface area contributed by atoms with E-state index >= 15 is 0 Å². The number of thiazole rings is 1. The van der Waals surface area contributed by atoms with E-state index in [-0.39, 0.29) is 5.56 Å². The summed E-state index contributed by atoms with van der Waals surface area (Å²) in [7, 11) is 0. The lowest BCUT2D eigenvalue weighted by molar-refractivity contribution is 0.0692. The van der Waals surface area contributed by atoms with E-state index in [1.165, 1.54) is 4.88 Å². The maximum Gasteiger partial charge on any atom is 0.339 e. The van der Waals surface area contributed by atoms with Gasteiger partial charge >= 0.3 is 5.97 Å². The van der Waals surface area contributed by atoms with E-state index < -0.39 is 5.97 Å². The lowest BCUT2D eigenvalue weighted by Crippen LogP contribution is -2.07. The largest absolute Gasteiger partial charge is 0.492 e. The first-order valence-corrected chi connectivity index (χ1v) is 6.82. The number of hydrogen-bond donors (Lipinski definition) is 1. The Morgan fingerprint density at radius 2 is 2.21 bits per heavy atom. The van der Waals surface area contributed by atoms with Crippen molar-refractivity contribution in [2.75, 3.05) is 6.61 Å². The second kappa shape index (κ2) is 5.84. The fraction of sp³-hybridized carbons (Fsp3) is 0.286. The first-order valence-electron chi connectivity index (χ1n) is 5.94. The van der Waals surface area contributed by atoms with E-state index in [0.29, 0.717) is 12.4 Å². The van der Waals surface area contributed by atoms with Gasteiger partial charge in [-0.3, -0.25) is 0 Å². The Morgan fingerprint density at radius 3 is 2.84 bits per heavy atom. The zero-order valence-corrected chi connectivity index (χ0v) is 11.7. The number of ether oxygens (including phenoxy) is 1. The van der Waals surface area contributed by atoms with E-state index in [4.69, 9.17) is 9.84 Å². The zero-order valence-electron chi connectivity index (χ0n) is 10.8. The molecule has 0 atom stereocenters. The maximum absolute atomic E-state index is 11.1. The van der Waals surface area contributed by atoms with Crippen LogP contribution in [0.4, 0.5) is 0 Å². The molecule has 0 amide bonds. The normalized spacial score (nSPS) is 10.4. The van der Waals surface area contributed by atoms with Crippen molar-refractivity contribution >= 4 is 17.3 Å². The number of carboxylic acid groups (broad SMARTS) is 1. The second-order valence-corrected chi connectivity index (χ2v) is 5.16. The third kappa shape index (κ3) is 3.12. The molecule has 4 nitrogen and oxygen atoms in total. The number of carbonyl (C=O) groups is 1. The molecular weight excluding hydrogens is 262 g/mol. The van der Waals surface area contributed by atoms with Gasteiger partial charge in [-0.15, -0.1) is 11.3 Å². The van der Waals surface area contributed by atoms with Crippen LogP contribution in [-0.2, 0) is 6.42 Å². The molecule has 100 valence electrons. The number of aromatic nitrogens is 1. The van der Waals surface area contributed by atoms with Gasteiger partial charge in [0.05, 0.1) is 17.8 Å². The molecule has 19 heavy (non-hydrogen) atoms. The van der Waals surface area contributed by atoms with Crippen LogP contribution in [0.5, 0.6) is 5.75 Å². The molecule has 0 saturated heterocycles. The molecular formula is C14H15NO3S. The molecule has 0 radical (unpaired) electrons. The summed E-state index contributed by atoms with van der Waals surface area (Å²) in [6.07, 6.45) is 0.740. The molecule has 0 spiro atoms. The Hall–Kier alpha value is -1.88. The van der Waals surface area contributed by atoms with Crippen molar-refractivity contribution in [2.45, 2.75) is 20.3 Å². The number of aromatic carboxylic acids is 1. The quantitative estimate of drug-likeness (QED) is 0.912. The predicted molar refractivity (Wildman–Crippen MR) is 74.2 cm³/mol. The van der Waals surface area contributed by atoms with Crippen molar-refractivity contribution in [1.29, 1.82) is 0 Å². The van der Waals surface area contributed by atoms with Gasteiger partial charge in [0.15, 0.2) is 0 Å². The summed E-state index contributed by atoms with van der Waals surface area (Å²) in [5, 5.41) is 9.13.